The fourth-order valence-corrected chi connectivity index (χ4v) is 4.81. The molecule has 3 heterocycles. The number of morpholine rings is 1. The first-order valence-electron chi connectivity index (χ1n) is 10.3. The van der Waals surface area contributed by atoms with E-state index in [0.29, 0.717) is 38.8 Å². The molecule has 1 atom stereocenters. The Morgan fingerprint density at radius 2 is 1.90 bits per heavy atom. The summed E-state index contributed by atoms with van der Waals surface area (Å²) in [6, 6.07) is 13.8. The Bertz CT molecular complexity index is 979. The fraction of sp³-hybridized carbons (Fsp3) is 0.409. The number of hydrogen-bond acceptors (Lipinski definition) is 6. The van der Waals surface area contributed by atoms with E-state index in [9.17, 15) is 4.79 Å². The number of amides is 1. The minimum absolute atomic E-state index is 0.0926. The second-order valence-corrected chi connectivity index (χ2v) is 8.70. The summed E-state index contributed by atoms with van der Waals surface area (Å²) in [4.78, 5) is 15.4. The van der Waals surface area contributed by atoms with Gasteiger partial charge in [-0.15, -0.1) is 10.2 Å². The molecule has 0 N–H and O–H groups in total. The molecule has 0 unspecified atom stereocenters. The van der Waals surface area contributed by atoms with E-state index >= 15 is 0 Å². The Morgan fingerprint density at radius 3 is 2.60 bits per heavy atom. The van der Waals surface area contributed by atoms with E-state index in [4.69, 9.17) is 9.15 Å². The molecule has 0 radical (unpaired) electrons. The van der Waals surface area contributed by atoms with Crippen molar-refractivity contribution >= 4 is 17.7 Å². The molecule has 1 aliphatic carbocycles. The third-order valence-electron chi connectivity index (χ3n) is 5.45. The van der Waals surface area contributed by atoms with E-state index < -0.39 is 0 Å². The summed E-state index contributed by atoms with van der Waals surface area (Å²) in [7, 11) is 0. The lowest BCUT2D eigenvalue weighted by molar-refractivity contribution is -0.134. The van der Waals surface area contributed by atoms with Gasteiger partial charge in [0.15, 0.2) is 5.16 Å². The van der Waals surface area contributed by atoms with Gasteiger partial charge in [-0.3, -0.25) is 9.36 Å². The Hall–Kier alpha value is -2.58. The molecule has 1 aliphatic heterocycles. The van der Waals surface area contributed by atoms with Crippen LogP contribution in [0.3, 0.4) is 0 Å². The maximum absolute atomic E-state index is 13.5. The molecule has 1 saturated carbocycles. The monoisotopic (exact) mass is 424 g/mol. The number of thioether (sulfide) groups is 1. The van der Waals surface area contributed by atoms with Crippen LogP contribution in [0.1, 0.15) is 41.2 Å². The van der Waals surface area contributed by atoms with E-state index in [-0.39, 0.29) is 11.2 Å². The highest BCUT2D eigenvalue weighted by atomic mass is 32.2. The lowest BCUT2D eigenvalue weighted by atomic mass is 10.1. The molecule has 7 nitrogen and oxygen atoms in total. The normalized spacial score (nSPS) is 17.8. The van der Waals surface area contributed by atoms with Crippen LogP contribution in [0.5, 0.6) is 0 Å². The van der Waals surface area contributed by atoms with Crippen molar-refractivity contribution in [3.8, 4) is 0 Å². The molecule has 1 saturated heterocycles. The highest BCUT2D eigenvalue weighted by molar-refractivity contribution is 8.00. The number of ether oxygens (including phenoxy) is 1. The number of carbonyl (C=O) groups is 1. The average molecular weight is 425 g/mol. The highest BCUT2D eigenvalue weighted by Gasteiger charge is 2.34. The van der Waals surface area contributed by atoms with Crippen molar-refractivity contribution in [3.63, 3.8) is 0 Å². The van der Waals surface area contributed by atoms with Crippen LogP contribution in [-0.2, 0) is 16.1 Å². The molecule has 2 fully saturated rings. The third-order valence-corrected chi connectivity index (χ3v) is 6.68. The highest BCUT2D eigenvalue weighted by Crippen LogP contribution is 2.42. The van der Waals surface area contributed by atoms with Gasteiger partial charge in [-0.2, -0.15) is 0 Å². The number of hydrogen-bond donors (Lipinski definition) is 0. The van der Waals surface area contributed by atoms with Gasteiger partial charge in [0.1, 0.15) is 16.8 Å². The first-order valence-corrected chi connectivity index (χ1v) is 11.2. The van der Waals surface area contributed by atoms with Crippen LogP contribution in [0.2, 0.25) is 0 Å². The van der Waals surface area contributed by atoms with Crippen LogP contribution in [-0.4, -0.2) is 51.9 Å². The largest absolute Gasteiger partial charge is 0.467 e. The molecule has 2 aliphatic rings. The van der Waals surface area contributed by atoms with Gasteiger partial charge in [-0.1, -0.05) is 42.1 Å². The van der Waals surface area contributed by atoms with E-state index in [1.807, 2.05) is 47.4 Å². The van der Waals surface area contributed by atoms with Crippen LogP contribution >= 0.6 is 11.8 Å². The molecule has 156 valence electrons. The van der Waals surface area contributed by atoms with Gasteiger partial charge in [0, 0.05) is 19.0 Å². The lowest BCUT2D eigenvalue weighted by Gasteiger charge is -2.30. The number of furan rings is 1. The summed E-state index contributed by atoms with van der Waals surface area (Å²) in [5.74, 6) is 2.39. The van der Waals surface area contributed by atoms with Crippen molar-refractivity contribution in [1.29, 1.82) is 0 Å². The zero-order valence-electron chi connectivity index (χ0n) is 16.6. The van der Waals surface area contributed by atoms with E-state index in [0.717, 1.165) is 35.1 Å². The lowest BCUT2D eigenvalue weighted by Crippen LogP contribution is -2.42. The van der Waals surface area contributed by atoms with Crippen LogP contribution in [0.4, 0.5) is 0 Å². The molecule has 0 spiro atoms. The number of aromatic nitrogens is 3. The van der Waals surface area contributed by atoms with E-state index in [2.05, 4.69) is 14.8 Å². The summed E-state index contributed by atoms with van der Waals surface area (Å²) < 4.78 is 13.1. The second-order valence-electron chi connectivity index (χ2n) is 7.63. The Kier molecular flexibility index (Phi) is 5.59. The second kappa shape index (κ2) is 8.65. The molecule has 2 aromatic heterocycles. The summed E-state index contributed by atoms with van der Waals surface area (Å²) in [6.45, 7) is 2.97. The summed E-state index contributed by atoms with van der Waals surface area (Å²) in [5, 5.41) is 9.35. The maximum Gasteiger partial charge on any atom is 0.240 e. The van der Waals surface area contributed by atoms with Gasteiger partial charge in [0.25, 0.3) is 0 Å². The molecule has 8 heteroatoms. The van der Waals surface area contributed by atoms with Crippen molar-refractivity contribution in [1.82, 2.24) is 19.7 Å². The van der Waals surface area contributed by atoms with E-state index in [1.54, 1.807) is 6.26 Å². The predicted octanol–water partition coefficient (Wildman–Crippen LogP) is 3.49. The molecule has 1 aromatic carbocycles. The minimum atomic E-state index is -0.379. The summed E-state index contributed by atoms with van der Waals surface area (Å²) in [5.41, 5.74) is 0.972. The molecular weight excluding hydrogens is 400 g/mol. The van der Waals surface area contributed by atoms with Gasteiger partial charge >= 0.3 is 0 Å². The van der Waals surface area contributed by atoms with Crippen molar-refractivity contribution in [3.05, 3.63) is 65.9 Å². The molecular formula is C22H24N4O3S. The summed E-state index contributed by atoms with van der Waals surface area (Å²) in [6.07, 6.45) is 3.95. The number of benzene rings is 1. The zero-order chi connectivity index (χ0) is 20.3. The first-order chi connectivity index (χ1) is 14.8. The molecule has 5 rings (SSSR count). The Balaban J connectivity index is 1.46. The van der Waals surface area contributed by atoms with E-state index in [1.165, 1.54) is 11.8 Å². The average Bonchev–Trinajstić information content (AvgIpc) is 3.37. The maximum atomic E-state index is 13.5. The Labute approximate surface area is 179 Å². The predicted molar refractivity (Wildman–Crippen MR) is 112 cm³/mol. The molecule has 3 aromatic rings. The van der Waals surface area contributed by atoms with Crippen LogP contribution < -0.4 is 0 Å². The van der Waals surface area contributed by atoms with Gasteiger partial charge < -0.3 is 14.1 Å². The number of rotatable bonds is 7. The van der Waals surface area contributed by atoms with Crippen molar-refractivity contribution in [2.45, 2.75) is 35.7 Å². The van der Waals surface area contributed by atoms with Crippen LogP contribution in [0.25, 0.3) is 0 Å². The SMILES string of the molecule is O=C([C@H](Sc1nnc(C2CC2)n1Cc1ccco1)c1ccccc1)N1CCOCC1. The number of nitrogens with zero attached hydrogens (tertiary/aromatic N) is 4. The van der Waals surface area contributed by atoms with Crippen LogP contribution in [0, 0.1) is 0 Å². The van der Waals surface area contributed by atoms with Gasteiger partial charge in [0.05, 0.1) is 26.0 Å². The third kappa shape index (κ3) is 4.15. The zero-order valence-corrected chi connectivity index (χ0v) is 17.5. The smallest absolute Gasteiger partial charge is 0.240 e. The summed E-state index contributed by atoms with van der Waals surface area (Å²) >= 11 is 1.47. The molecule has 0 bridgehead atoms. The van der Waals surface area contributed by atoms with Crippen LogP contribution in [0.15, 0.2) is 58.3 Å². The molecule has 30 heavy (non-hydrogen) atoms. The molecule has 1 amide bonds. The fourth-order valence-electron chi connectivity index (χ4n) is 3.68. The van der Waals surface area contributed by atoms with Gasteiger partial charge in [-0.25, -0.2) is 0 Å². The standard InChI is InChI=1S/C22H24N4O3S/c27-21(25-10-13-28-14-11-25)19(16-5-2-1-3-6-16)30-22-24-23-20(17-8-9-17)26(22)15-18-7-4-12-29-18/h1-7,12,17,19H,8-11,13-15H2/t19-/m1/s1. The Morgan fingerprint density at radius 1 is 1.10 bits per heavy atom. The quantitative estimate of drug-likeness (QED) is 0.541. The van der Waals surface area contributed by atoms with Crippen molar-refractivity contribution < 1.29 is 13.9 Å². The minimum Gasteiger partial charge on any atom is -0.467 e. The topological polar surface area (TPSA) is 73.4 Å². The van der Waals surface area contributed by atoms with Gasteiger partial charge in [0.2, 0.25) is 5.91 Å². The van der Waals surface area contributed by atoms with Crippen molar-refractivity contribution in [2.24, 2.45) is 0 Å². The van der Waals surface area contributed by atoms with Gasteiger partial charge in [-0.05, 0) is 30.5 Å². The number of carbonyl (C=O) groups excluding carboxylic acids is 1. The first kappa shape index (κ1) is 19.4. The van der Waals surface area contributed by atoms with Crippen molar-refractivity contribution in [2.75, 3.05) is 26.3 Å².